The summed E-state index contributed by atoms with van der Waals surface area (Å²) in [6.07, 6.45) is 3.74. The van der Waals surface area contributed by atoms with Crippen LogP contribution < -0.4 is 10.9 Å². The van der Waals surface area contributed by atoms with Crippen molar-refractivity contribution in [1.29, 1.82) is 0 Å². The molecule has 3 heterocycles. The smallest absolute Gasteiger partial charge is 0.260 e. The van der Waals surface area contributed by atoms with Crippen LogP contribution in [0.5, 0.6) is 0 Å². The van der Waals surface area contributed by atoms with Crippen molar-refractivity contribution in [2.24, 2.45) is 0 Å². The predicted octanol–water partition coefficient (Wildman–Crippen LogP) is 2.14. The summed E-state index contributed by atoms with van der Waals surface area (Å²) in [7, 11) is 1.84. The van der Waals surface area contributed by atoms with Gasteiger partial charge in [0.1, 0.15) is 11.4 Å². The minimum absolute atomic E-state index is 0.191. The van der Waals surface area contributed by atoms with E-state index in [0.29, 0.717) is 13.1 Å². The van der Waals surface area contributed by atoms with E-state index in [1.807, 2.05) is 19.2 Å². The van der Waals surface area contributed by atoms with E-state index in [9.17, 15) is 9.59 Å². The zero-order valence-corrected chi connectivity index (χ0v) is 14.0. The predicted molar refractivity (Wildman–Crippen MR) is 93.5 cm³/mol. The number of carbonyl (C=O) groups excluding carboxylic acids is 1. The molecular formula is C18H22N4O2. The molecule has 24 heavy (non-hydrogen) atoms. The highest BCUT2D eigenvalue weighted by Crippen LogP contribution is 2.28. The van der Waals surface area contributed by atoms with Gasteiger partial charge in [-0.1, -0.05) is 0 Å². The molecule has 1 fully saturated rings. The van der Waals surface area contributed by atoms with Gasteiger partial charge in [-0.25, -0.2) is 4.98 Å². The van der Waals surface area contributed by atoms with E-state index >= 15 is 0 Å². The number of aromatic nitrogens is 2. The second-order valence-corrected chi connectivity index (χ2v) is 6.20. The van der Waals surface area contributed by atoms with Crippen LogP contribution in [0.15, 0.2) is 35.3 Å². The van der Waals surface area contributed by atoms with Gasteiger partial charge < -0.3 is 15.2 Å². The lowest BCUT2D eigenvalue weighted by Crippen LogP contribution is -2.41. The highest BCUT2D eigenvalue weighted by molar-refractivity contribution is 5.94. The molecule has 1 aliphatic heterocycles. The third-order valence-corrected chi connectivity index (χ3v) is 4.51. The van der Waals surface area contributed by atoms with Gasteiger partial charge in [0.2, 0.25) is 0 Å². The first-order valence-electron chi connectivity index (χ1n) is 8.21. The molecule has 0 spiro atoms. The number of hydrogen-bond acceptors (Lipinski definition) is 4. The number of aryl methyl sites for hydroxylation is 1. The molecular weight excluding hydrogens is 304 g/mol. The van der Waals surface area contributed by atoms with Crippen LogP contribution in [-0.2, 0) is 0 Å². The van der Waals surface area contributed by atoms with Gasteiger partial charge in [-0.3, -0.25) is 9.59 Å². The van der Waals surface area contributed by atoms with Gasteiger partial charge >= 0.3 is 0 Å². The molecule has 1 saturated heterocycles. The van der Waals surface area contributed by atoms with E-state index < -0.39 is 0 Å². The zero-order valence-electron chi connectivity index (χ0n) is 14.0. The Morgan fingerprint density at radius 2 is 2.21 bits per heavy atom. The second-order valence-electron chi connectivity index (χ2n) is 6.20. The van der Waals surface area contributed by atoms with Crippen LogP contribution >= 0.6 is 0 Å². The van der Waals surface area contributed by atoms with Crippen LogP contribution in [0.25, 0.3) is 0 Å². The van der Waals surface area contributed by atoms with Crippen LogP contribution in [0.2, 0.25) is 0 Å². The van der Waals surface area contributed by atoms with E-state index in [1.54, 1.807) is 30.2 Å². The van der Waals surface area contributed by atoms with Crippen LogP contribution in [0.3, 0.4) is 0 Å². The Balaban J connectivity index is 1.80. The number of amides is 1. The molecule has 1 aliphatic rings. The maximum Gasteiger partial charge on any atom is 0.260 e. The first kappa shape index (κ1) is 16.2. The van der Waals surface area contributed by atoms with Crippen molar-refractivity contribution in [3.63, 3.8) is 0 Å². The Hall–Kier alpha value is -2.63. The lowest BCUT2D eigenvalue weighted by atomic mass is 9.91. The summed E-state index contributed by atoms with van der Waals surface area (Å²) in [5.74, 6) is 0.900. The molecule has 6 heteroatoms. The third-order valence-electron chi connectivity index (χ3n) is 4.51. The standard InChI is InChI=1S/C18H22N4O2/c1-12-5-6-15(17(23)21-12)18(24)22-9-3-4-14(11-22)13-7-8-20-16(10-13)19-2/h5-8,10,14H,3-4,9,11H2,1-2H3,(H,19,20)(H,21,23)/t14-/m1/s1. The largest absolute Gasteiger partial charge is 0.373 e. The molecule has 1 amide bonds. The number of nitrogens with one attached hydrogen (secondary N) is 2. The van der Waals surface area contributed by atoms with E-state index in [2.05, 4.69) is 15.3 Å². The summed E-state index contributed by atoms with van der Waals surface area (Å²) in [6.45, 7) is 3.11. The number of aromatic amines is 1. The lowest BCUT2D eigenvalue weighted by molar-refractivity contribution is 0.0705. The van der Waals surface area contributed by atoms with E-state index in [4.69, 9.17) is 0 Å². The van der Waals surface area contributed by atoms with Crippen LogP contribution in [0.1, 0.15) is 40.4 Å². The van der Waals surface area contributed by atoms with Gasteiger partial charge in [0.15, 0.2) is 0 Å². The molecule has 126 valence electrons. The third kappa shape index (κ3) is 3.32. The summed E-state index contributed by atoms with van der Waals surface area (Å²) in [5.41, 5.74) is 1.82. The number of nitrogens with zero attached hydrogens (tertiary/aromatic N) is 2. The molecule has 6 nitrogen and oxygen atoms in total. The molecule has 0 aliphatic carbocycles. The molecule has 3 rings (SSSR count). The number of pyridine rings is 2. The number of piperidine rings is 1. The number of carbonyl (C=O) groups is 1. The lowest BCUT2D eigenvalue weighted by Gasteiger charge is -2.33. The Labute approximate surface area is 140 Å². The Bertz CT molecular complexity index is 800. The van der Waals surface area contributed by atoms with E-state index in [1.165, 1.54) is 5.56 Å². The summed E-state index contributed by atoms with van der Waals surface area (Å²) in [5, 5.41) is 3.04. The second kappa shape index (κ2) is 6.86. The van der Waals surface area contributed by atoms with E-state index in [-0.39, 0.29) is 22.9 Å². The Kier molecular flexibility index (Phi) is 4.64. The highest BCUT2D eigenvalue weighted by Gasteiger charge is 2.27. The van der Waals surface area contributed by atoms with Crippen molar-refractivity contribution in [2.75, 3.05) is 25.5 Å². The number of rotatable bonds is 3. The highest BCUT2D eigenvalue weighted by atomic mass is 16.2. The molecule has 0 bridgehead atoms. The van der Waals surface area contributed by atoms with Crippen molar-refractivity contribution in [3.8, 4) is 0 Å². The normalized spacial score (nSPS) is 17.6. The summed E-state index contributed by atoms with van der Waals surface area (Å²) in [4.78, 5) is 33.5. The molecule has 0 unspecified atom stereocenters. The average Bonchev–Trinajstić information content (AvgIpc) is 2.61. The molecule has 2 aromatic rings. The molecule has 2 N–H and O–H groups in total. The maximum absolute atomic E-state index is 12.7. The quantitative estimate of drug-likeness (QED) is 0.906. The van der Waals surface area contributed by atoms with Gasteiger partial charge in [0, 0.05) is 37.9 Å². The monoisotopic (exact) mass is 326 g/mol. The van der Waals surface area contributed by atoms with Crippen molar-refractivity contribution in [3.05, 3.63) is 57.6 Å². The summed E-state index contributed by atoms with van der Waals surface area (Å²) < 4.78 is 0. The first-order valence-corrected chi connectivity index (χ1v) is 8.21. The van der Waals surface area contributed by atoms with Gasteiger partial charge in [0.25, 0.3) is 11.5 Å². The molecule has 0 radical (unpaired) electrons. The van der Waals surface area contributed by atoms with Gasteiger partial charge in [-0.2, -0.15) is 0 Å². The minimum Gasteiger partial charge on any atom is -0.373 e. The average molecular weight is 326 g/mol. The van der Waals surface area contributed by atoms with Gasteiger partial charge in [-0.15, -0.1) is 0 Å². The zero-order chi connectivity index (χ0) is 17.1. The molecule has 0 aromatic carbocycles. The van der Waals surface area contributed by atoms with Crippen molar-refractivity contribution < 1.29 is 4.79 Å². The first-order chi connectivity index (χ1) is 11.6. The van der Waals surface area contributed by atoms with Crippen LogP contribution in [0.4, 0.5) is 5.82 Å². The molecule has 0 saturated carbocycles. The van der Waals surface area contributed by atoms with Gasteiger partial charge in [0.05, 0.1) is 0 Å². The van der Waals surface area contributed by atoms with E-state index in [0.717, 1.165) is 24.4 Å². The van der Waals surface area contributed by atoms with Crippen LogP contribution in [0, 0.1) is 6.92 Å². The Morgan fingerprint density at radius 3 is 2.96 bits per heavy atom. The van der Waals surface area contributed by atoms with Crippen LogP contribution in [-0.4, -0.2) is 40.9 Å². The number of hydrogen-bond donors (Lipinski definition) is 2. The van der Waals surface area contributed by atoms with Crippen molar-refractivity contribution >= 4 is 11.7 Å². The maximum atomic E-state index is 12.7. The number of anilines is 1. The van der Waals surface area contributed by atoms with Gasteiger partial charge in [-0.05, 0) is 49.6 Å². The fourth-order valence-corrected chi connectivity index (χ4v) is 3.18. The Morgan fingerprint density at radius 1 is 1.38 bits per heavy atom. The fraction of sp³-hybridized carbons (Fsp3) is 0.389. The topological polar surface area (TPSA) is 78.1 Å². The van der Waals surface area contributed by atoms with Crippen molar-refractivity contribution in [1.82, 2.24) is 14.9 Å². The molecule has 2 aromatic heterocycles. The fourth-order valence-electron chi connectivity index (χ4n) is 3.18. The molecule has 1 atom stereocenters. The number of likely N-dealkylation sites (tertiary alicyclic amines) is 1. The number of H-pyrrole nitrogens is 1. The minimum atomic E-state index is -0.316. The summed E-state index contributed by atoms with van der Waals surface area (Å²) >= 11 is 0. The summed E-state index contributed by atoms with van der Waals surface area (Å²) in [6, 6.07) is 7.40. The van der Waals surface area contributed by atoms with Crippen molar-refractivity contribution in [2.45, 2.75) is 25.7 Å². The SMILES string of the molecule is CNc1cc([C@@H]2CCCN(C(=O)c3ccc(C)[nH]c3=O)C2)ccn1.